The molecule has 0 atom stereocenters. The van der Waals surface area contributed by atoms with E-state index in [-0.39, 0.29) is 11.6 Å². The molecule has 0 aliphatic heterocycles. The predicted octanol–water partition coefficient (Wildman–Crippen LogP) is 5.64. The number of hydrogen-bond acceptors (Lipinski definition) is 4. The molecule has 0 saturated carbocycles. The van der Waals surface area contributed by atoms with Gasteiger partial charge in [0.15, 0.2) is 4.96 Å². The Morgan fingerprint density at radius 1 is 0.875 bits per heavy atom. The first kappa shape index (κ1) is 20.4. The van der Waals surface area contributed by atoms with E-state index in [9.17, 15) is 4.79 Å². The molecule has 5 rings (SSSR count). The van der Waals surface area contributed by atoms with Crippen LogP contribution in [0.2, 0.25) is 0 Å². The average Bonchev–Trinajstić information content (AvgIpc) is 3.26. The number of aromatic nitrogens is 2. The zero-order valence-electron chi connectivity index (χ0n) is 17.8. The minimum atomic E-state index is -0.0468. The summed E-state index contributed by atoms with van der Waals surface area (Å²) in [5.41, 5.74) is 5.04. The van der Waals surface area contributed by atoms with Crippen molar-refractivity contribution < 1.29 is 0 Å². The Morgan fingerprint density at radius 2 is 1.44 bits per heavy atom. The van der Waals surface area contributed by atoms with Gasteiger partial charge < -0.3 is 0 Å². The third-order valence-electron chi connectivity index (χ3n) is 5.61. The van der Waals surface area contributed by atoms with Gasteiger partial charge in [0.2, 0.25) is 0 Å². The maximum absolute atomic E-state index is 13.1. The topological polar surface area (TPSA) is 37.6 Å². The number of thiazole rings is 1. The highest BCUT2D eigenvalue weighted by Crippen LogP contribution is 2.29. The minimum Gasteiger partial charge on any atom is -0.290 e. The van der Waals surface area contributed by atoms with Gasteiger partial charge in [-0.25, -0.2) is 4.98 Å². The first-order valence-corrected chi connectivity index (χ1v) is 11.4. The molecule has 3 aromatic carbocycles. The second kappa shape index (κ2) is 8.91. The van der Waals surface area contributed by atoms with Crippen molar-refractivity contribution in [1.29, 1.82) is 0 Å². The fourth-order valence-electron chi connectivity index (χ4n) is 4.17. The highest BCUT2D eigenvalue weighted by molar-refractivity contribution is 7.15. The molecule has 5 heteroatoms. The van der Waals surface area contributed by atoms with Crippen molar-refractivity contribution in [2.75, 3.05) is 7.05 Å². The molecule has 2 aromatic heterocycles. The van der Waals surface area contributed by atoms with Gasteiger partial charge in [-0.15, -0.1) is 11.3 Å². The summed E-state index contributed by atoms with van der Waals surface area (Å²) in [6, 6.07) is 32.6. The van der Waals surface area contributed by atoms with E-state index >= 15 is 0 Å². The van der Waals surface area contributed by atoms with Gasteiger partial charge >= 0.3 is 0 Å². The summed E-state index contributed by atoms with van der Waals surface area (Å²) in [6.45, 7) is 0.568. The molecule has 0 bridgehead atoms. The van der Waals surface area contributed by atoms with Crippen molar-refractivity contribution in [3.8, 4) is 11.3 Å². The lowest BCUT2D eigenvalue weighted by molar-refractivity contribution is 0.267. The maximum Gasteiger partial charge on any atom is 0.259 e. The molecule has 0 spiro atoms. The molecule has 0 radical (unpaired) electrons. The van der Waals surface area contributed by atoms with E-state index in [4.69, 9.17) is 4.98 Å². The van der Waals surface area contributed by atoms with E-state index in [0.717, 1.165) is 21.9 Å². The fraction of sp³-hybridized carbons (Fsp3) is 0.111. The Labute approximate surface area is 191 Å². The molecule has 0 saturated heterocycles. The quantitative estimate of drug-likeness (QED) is 0.345. The Hall–Kier alpha value is -3.54. The SMILES string of the molecule is CN(Cc1cc(=O)n2c(-c3ccccc3)csc2n1)C(c1ccccc1)c1ccccc1. The Kier molecular flexibility index (Phi) is 5.67. The van der Waals surface area contributed by atoms with Crippen LogP contribution in [0.3, 0.4) is 0 Å². The molecule has 158 valence electrons. The standard InChI is InChI=1S/C27H23N3OS/c1-29(26(21-13-7-3-8-14-21)22-15-9-4-10-16-22)18-23-17-25(31)30-24(19-32-27(30)28-23)20-11-5-2-6-12-20/h2-17,19,26H,18H2,1H3. The molecule has 0 unspecified atom stereocenters. The number of rotatable bonds is 6. The van der Waals surface area contributed by atoms with Crippen molar-refractivity contribution in [2.45, 2.75) is 12.6 Å². The van der Waals surface area contributed by atoms with Gasteiger partial charge in [-0.1, -0.05) is 91.0 Å². The first-order chi connectivity index (χ1) is 15.7. The Balaban J connectivity index is 1.50. The van der Waals surface area contributed by atoms with Gasteiger partial charge in [0.1, 0.15) is 0 Å². The summed E-state index contributed by atoms with van der Waals surface area (Å²) >= 11 is 1.50. The monoisotopic (exact) mass is 437 g/mol. The van der Waals surface area contributed by atoms with Crippen LogP contribution in [-0.2, 0) is 6.54 Å². The van der Waals surface area contributed by atoms with Crippen molar-refractivity contribution in [2.24, 2.45) is 0 Å². The lowest BCUT2D eigenvalue weighted by atomic mass is 9.97. The molecule has 0 N–H and O–H groups in total. The highest BCUT2D eigenvalue weighted by atomic mass is 32.1. The summed E-state index contributed by atoms with van der Waals surface area (Å²) in [5.74, 6) is 0. The zero-order valence-corrected chi connectivity index (χ0v) is 18.6. The van der Waals surface area contributed by atoms with Gasteiger partial charge in [-0.2, -0.15) is 0 Å². The predicted molar refractivity (Wildman–Crippen MR) is 131 cm³/mol. The summed E-state index contributed by atoms with van der Waals surface area (Å²) in [5, 5.41) is 2.00. The second-order valence-corrected chi connectivity index (χ2v) is 8.67. The van der Waals surface area contributed by atoms with Gasteiger partial charge in [0.25, 0.3) is 5.56 Å². The van der Waals surface area contributed by atoms with Crippen molar-refractivity contribution in [3.63, 3.8) is 0 Å². The van der Waals surface area contributed by atoms with Crippen LogP contribution in [0.1, 0.15) is 22.9 Å². The molecule has 2 heterocycles. The molecule has 0 aliphatic carbocycles. The number of benzene rings is 3. The van der Waals surface area contributed by atoms with Crippen LogP contribution >= 0.6 is 11.3 Å². The van der Waals surface area contributed by atoms with Crippen LogP contribution in [0.5, 0.6) is 0 Å². The molecule has 4 nitrogen and oxygen atoms in total. The van der Waals surface area contributed by atoms with Gasteiger partial charge in [0.05, 0.1) is 17.4 Å². The summed E-state index contributed by atoms with van der Waals surface area (Å²) in [7, 11) is 2.08. The van der Waals surface area contributed by atoms with Gasteiger partial charge in [-0.05, 0) is 23.7 Å². The largest absolute Gasteiger partial charge is 0.290 e. The van der Waals surface area contributed by atoms with E-state index in [1.54, 1.807) is 10.5 Å². The average molecular weight is 438 g/mol. The minimum absolute atomic E-state index is 0.0468. The second-order valence-electron chi connectivity index (χ2n) is 7.83. The summed E-state index contributed by atoms with van der Waals surface area (Å²) in [4.78, 5) is 20.9. The zero-order chi connectivity index (χ0) is 21.9. The molecule has 0 aliphatic rings. The third-order valence-corrected chi connectivity index (χ3v) is 6.44. The van der Waals surface area contributed by atoms with Crippen LogP contribution in [0.4, 0.5) is 0 Å². The van der Waals surface area contributed by atoms with Gasteiger partial charge in [-0.3, -0.25) is 14.1 Å². The van der Waals surface area contributed by atoms with Crippen LogP contribution in [-0.4, -0.2) is 21.3 Å². The highest BCUT2D eigenvalue weighted by Gasteiger charge is 2.20. The fourth-order valence-corrected chi connectivity index (χ4v) is 5.10. The first-order valence-electron chi connectivity index (χ1n) is 10.6. The number of hydrogen-bond donors (Lipinski definition) is 0. The van der Waals surface area contributed by atoms with Crippen LogP contribution in [0, 0.1) is 0 Å². The molecule has 32 heavy (non-hydrogen) atoms. The van der Waals surface area contributed by atoms with Crippen LogP contribution < -0.4 is 5.56 Å². The van der Waals surface area contributed by atoms with E-state index in [0.29, 0.717) is 6.54 Å². The van der Waals surface area contributed by atoms with E-state index in [1.807, 2.05) is 47.8 Å². The number of fused-ring (bicyclic) bond motifs is 1. The van der Waals surface area contributed by atoms with Crippen molar-refractivity contribution in [1.82, 2.24) is 14.3 Å². The van der Waals surface area contributed by atoms with E-state index < -0.39 is 0 Å². The maximum atomic E-state index is 13.1. The van der Waals surface area contributed by atoms with Gasteiger partial charge in [0, 0.05) is 18.0 Å². The lowest BCUT2D eigenvalue weighted by Crippen LogP contribution is -2.27. The van der Waals surface area contributed by atoms with Crippen molar-refractivity contribution in [3.05, 3.63) is 130 Å². The number of nitrogens with zero attached hydrogens (tertiary/aromatic N) is 3. The normalized spacial score (nSPS) is 11.5. The lowest BCUT2D eigenvalue weighted by Gasteiger charge is -2.28. The molecule has 0 fully saturated rings. The molecular formula is C27H23N3OS. The van der Waals surface area contributed by atoms with E-state index in [2.05, 4.69) is 60.5 Å². The molecule has 0 amide bonds. The summed E-state index contributed by atoms with van der Waals surface area (Å²) in [6.07, 6.45) is 0. The molecule has 5 aromatic rings. The smallest absolute Gasteiger partial charge is 0.259 e. The van der Waals surface area contributed by atoms with E-state index in [1.165, 1.54) is 22.5 Å². The summed E-state index contributed by atoms with van der Waals surface area (Å²) < 4.78 is 1.70. The molecular weight excluding hydrogens is 414 g/mol. The Bertz CT molecular complexity index is 1340. The van der Waals surface area contributed by atoms with Crippen LogP contribution in [0.15, 0.2) is 107 Å². The third kappa shape index (κ3) is 4.00. The Morgan fingerprint density at radius 3 is 2.03 bits per heavy atom. The van der Waals surface area contributed by atoms with Crippen molar-refractivity contribution >= 4 is 16.3 Å². The van der Waals surface area contributed by atoms with Crippen LogP contribution in [0.25, 0.3) is 16.2 Å².